The molecule has 0 unspecified atom stereocenters. The molecule has 0 bridgehead atoms. The predicted octanol–water partition coefficient (Wildman–Crippen LogP) is 5.56. The number of halogens is 3. The third kappa shape index (κ3) is 6.88. The zero-order chi connectivity index (χ0) is 25.5. The van der Waals surface area contributed by atoms with Gasteiger partial charge in [0.25, 0.3) is 11.8 Å². The molecule has 0 radical (unpaired) electrons. The molecule has 6 nitrogen and oxygen atoms in total. The maximum atomic E-state index is 13.6. The Bertz CT molecular complexity index is 1260. The van der Waals surface area contributed by atoms with Gasteiger partial charge in [0, 0.05) is 27.9 Å². The number of amides is 2. The summed E-state index contributed by atoms with van der Waals surface area (Å²) < 4.78 is 26.9. The topological polar surface area (TPSA) is 82.6 Å². The lowest BCUT2D eigenvalue weighted by molar-refractivity contribution is 0.0924. The largest absolute Gasteiger partial charge is 0.349 e. The zero-order valence-corrected chi connectivity index (χ0v) is 20.1. The summed E-state index contributed by atoms with van der Waals surface area (Å²) in [7, 11) is 0. The van der Waals surface area contributed by atoms with E-state index in [1.54, 1.807) is 36.4 Å². The van der Waals surface area contributed by atoms with Gasteiger partial charge in [-0.3, -0.25) is 14.9 Å². The van der Waals surface area contributed by atoms with Gasteiger partial charge in [0.05, 0.1) is 6.04 Å². The van der Waals surface area contributed by atoms with E-state index < -0.39 is 17.5 Å². The molecule has 1 fully saturated rings. The Kier molecular flexibility index (Phi) is 8.28. The summed E-state index contributed by atoms with van der Waals surface area (Å²) in [6.07, 6.45) is 2.85. The van der Waals surface area contributed by atoms with Crippen molar-refractivity contribution in [2.75, 3.05) is 5.32 Å². The van der Waals surface area contributed by atoms with Crippen molar-refractivity contribution < 1.29 is 18.4 Å². The summed E-state index contributed by atoms with van der Waals surface area (Å²) >= 11 is 6.08. The van der Waals surface area contributed by atoms with E-state index in [0.717, 1.165) is 25.0 Å². The van der Waals surface area contributed by atoms with Crippen LogP contribution in [0.2, 0.25) is 5.02 Å². The van der Waals surface area contributed by atoms with Gasteiger partial charge in [0.2, 0.25) is 5.96 Å². The van der Waals surface area contributed by atoms with Gasteiger partial charge < -0.3 is 10.6 Å². The lowest BCUT2D eigenvalue weighted by atomic mass is 9.91. The van der Waals surface area contributed by atoms with Crippen molar-refractivity contribution in [2.45, 2.75) is 37.8 Å². The predicted molar refractivity (Wildman–Crippen MR) is 136 cm³/mol. The molecular weight excluding hydrogens is 486 g/mol. The molecule has 0 heterocycles. The average molecular weight is 511 g/mol. The van der Waals surface area contributed by atoms with Crippen LogP contribution in [-0.4, -0.2) is 29.9 Å². The maximum Gasteiger partial charge on any atom is 0.258 e. The molecule has 4 rings (SSSR count). The van der Waals surface area contributed by atoms with Gasteiger partial charge in [-0.2, -0.15) is 0 Å². The summed E-state index contributed by atoms with van der Waals surface area (Å²) in [6, 6.07) is 18.8. The Labute approximate surface area is 212 Å². The lowest BCUT2D eigenvalue weighted by Crippen LogP contribution is -2.40. The number of nitrogens with zero attached hydrogens (tertiary/aromatic N) is 1. The maximum absolute atomic E-state index is 13.6. The van der Waals surface area contributed by atoms with Crippen molar-refractivity contribution in [3.63, 3.8) is 0 Å². The van der Waals surface area contributed by atoms with Gasteiger partial charge in [0.1, 0.15) is 0 Å². The molecule has 0 spiro atoms. The van der Waals surface area contributed by atoms with Crippen LogP contribution in [-0.2, 0) is 0 Å². The van der Waals surface area contributed by atoms with E-state index in [1.807, 2.05) is 18.2 Å². The first-order valence-electron chi connectivity index (χ1n) is 11.6. The highest BCUT2D eigenvalue weighted by molar-refractivity contribution is 6.31. The Morgan fingerprint density at radius 3 is 2.25 bits per heavy atom. The number of guanidine groups is 1. The molecule has 1 saturated carbocycles. The molecule has 2 amide bonds. The summed E-state index contributed by atoms with van der Waals surface area (Å²) in [5.41, 5.74) is 1.18. The highest BCUT2D eigenvalue weighted by Crippen LogP contribution is 2.22. The van der Waals surface area contributed by atoms with Gasteiger partial charge in [-0.05, 0) is 74.2 Å². The minimum absolute atomic E-state index is 0.0327. The number of benzene rings is 3. The average Bonchev–Trinajstić information content (AvgIpc) is 2.87. The number of carbonyl (C=O) groups is 2. The van der Waals surface area contributed by atoms with E-state index in [0.29, 0.717) is 29.1 Å². The Morgan fingerprint density at radius 2 is 1.56 bits per heavy atom. The SMILES string of the molecule is O=C(NC(=NC1CCC(NC(=O)c2ccccc2)CC1)Nc1cccc(Cl)c1)c1ccc(F)c(F)c1. The number of hydrogen-bond donors (Lipinski definition) is 3. The van der Waals surface area contributed by atoms with Gasteiger partial charge in [-0.1, -0.05) is 35.9 Å². The Morgan fingerprint density at radius 1 is 0.806 bits per heavy atom. The second-order valence-electron chi connectivity index (χ2n) is 8.54. The summed E-state index contributed by atoms with van der Waals surface area (Å²) in [6.45, 7) is 0. The number of carbonyl (C=O) groups excluding carboxylic acids is 2. The van der Waals surface area contributed by atoms with E-state index in [1.165, 1.54) is 6.07 Å². The smallest absolute Gasteiger partial charge is 0.258 e. The van der Waals surface area contributed by atoms with Crippen molar-refractivity contribution >= 4 is 35.1 Å². The second kappa shape index (κ2) is 11.8. The van der Waals surface area contributed by atoms with E-state index in [-0.39, 0.29) is 29.5 Å². The normalized spacial score (nSPS) is 17.8. The molecule has 0 aromatic heterocycles. The number of hydrogen-bond acceptors (Lipinski definition) is 3. The fourth-order valence-corrected chi connectivity index (χ4v) is 4.20. The van der Waals surface area contributed by atoms with E-state index in [2.05, 4.69) is 20.9 Å². The molecule has 3 aromatic carbocycles. The standard InChI is InChI=1S/C27H25ClF2N4O2/c28-19-7-4-8-22(16-19)33-27(34-26(36)18-9-14-23(29)24(30)15-18)32-21-12-10-20(11-13-21)31-25(35)17-5-2-1-3-6-17/h1-9,14-16,20-21H,10-13H2,(H,31,35)(H2,32,33,34,36). The van der Waals surface area contributed by atoms with Gasteiger partial charge in [-0.25, -0.2) is 13.8 Å². The number of nitrogens with one attached hydrogen (secondary N) is 3. The Balaban J connectivity index is 1.43. The van der Waals surface area contributed by atoms with E-state index >= 15 is 0 Å². The molecule has 0 aliphatic heterocycles. The zero-order valence-electron chi connectivity index (χ0n) is 19.3. The summed E-state index contributed by atoms with van der Waals surface area (Å²) in [5.74, 6) is -2.71. The van der Waals surface area contributed by atoms with Crippen LogP contribution in [0.3, 0.4) is 0 Å². The molecule has 1 aliphatic rings. The van der Waals surface area contributed by atoms with Crippen LogP contribution < -0.4 is 16.0 Å². The minimum atomic E-state index is -1.11. The van der Waals surface area contributed by atoms with Gasteiger partial charge in [0.15, 0.2) is 11.6 Å². The van der Waals surface area contributed by atoms with Crippen LogP contribution in [0.1, 0.15) is 46.4 Å². The second-order valence-corrected chi connectivity index (χ2v) is 8.98. The van der Waals surface area contributed by atoms with E-state index in [9.17, 15) is 18.4 Å². The number of aliphatic imine (C=N–C) groups is 1. The quantitative estimate of drug-likeness (QED) is 0.310. The van der Waals surface area contributed by atoms with Crippen LogP contribution in [0, 0.1) is 11.6 Å². The van der Waals surface area contributed by atoms with Crippen molar-refractivity contribution in [1.29, 1.82) is 0 Å². The van der Waals surface area contributed by atoms with Crippen LogP contribution in [0.5, 0.6) is 0 Å². The molecule has 9 heteroatoms. The third-order valence-corrected chi connectivity index (χ3v) is 6.12. The van der Waals surface area contributed by atoms with Crippen molar-refractivity contribution in [3.8, 4) is 0 Å². The molecule has 186 valence electrons. The van der Waals surface area contributed by atoms with Gasteiger partial charge in [-0.15, -0.1) is 0 Å². The molecule has 0 atom stereocenters. The molecule has 36 heavy (non-hydrogen) atoms. The fraction of sp³-hybridized carbons (Fsp3) is 0.222. The van der Waals surface area contributed by atoms with Crippen LogP contribution >= 0.6 is 11.6 Å². The molecule has 1 aliphatic carbocycles. The monoisotopic (exact) mass is 510 g/mol. The van der Waals surface area contributed by atoms with Gasteiger partial charge >= 0.3 is 0 Å². The number of rotatable bonds is 5. The van der Waals surface area contributed by atoms with Crippen LogP contribution in [0.4, 0.5) is 14.5 Å². The van der Waals surface area contributed by atoms with Crippen molar-refractivity contribution in [1.82, 2.24) is 10.6 Å². The molecule has 0 saturated heterocycles. The highest BCUT2D eigenvalue weighted by Gasteiger charge is 2.23. The van der Waals surface area contributed by atoms with Crippen LogP contribution in [0.15, 0.2) is 77.8 Å². The van der Waals surface area contributed by atoms with Crippen LogP contribution in [0.25, 0.3) is 0 Å². The first kappa shape index (κ1) is 25.3. The number of anilines is 1. The molecule has 3 N–H and O–H groups in total. The fourth-order valence-electron chi connectivity index (χ4n) is 4.01. The van der Waals surface area contributed by atoms with Crippen molar-refractivity contribution in [2.24, 2.45) is 4.99 Å². The summed E-state index contributed by atoms with van der Waals surface area (Å²) in [4.78, 5) is 29.9. The highest BCUT2D eigenvalue weighted by atomic mass is 35.5. The summed E-state index contributed by atoms with van der Waals surface area (Å²) in [5, 5.41) is 9.28. The molecular formula is C27H25ClF2N4O2. The first-order valence-corrected chi connectivity index (χ1v) is 12.0. The van der Waals surface area contributed by atoms with Crippen molar-refractivity contribution in [3.05, 3.63) is 101 Å². The minimum Gasteiger partial charge on any atom is -0.349 e. The third-order valence-electron chi connectivity index (χ3n) is 5.88. The molecule has 3 aromatic rings. The lowest BCUT2D eigenvalue weighted by Gasteiger charge is -2.27. The first-order chi connectivity index (χ1) is 17.4. The Hall–Kier alpha value is -3.78. The van der Waals surface area contributed by atoms with E-state index in [4.69, 9.17) is 11.6 Å².